The molecule has 3 rings (SSSR count). The first-order chi connectivity index (χ1) is 11.8. The molecule has 0 bridgehead atoms. The van der Waals surface area contributed by atoms with Gasteiger partial charge in [-0.3, -0.25) is 9.59 Å². The number of carbonyl (C=O) groups is 3. The third-order valence-corrected chi connectivity index (χ3v) is 3.86. The van der Waals surface area contributed by atoms with Crippen LogP contribution >= 0.6 is 11.6 Å². The van der Waals surface area contributed by atoms with Crippen LogP contribution in [0.2, 0.25) is 5.02 Å². The lowest BCUT2D eigenvalue weighted by atomic mass is 10.1. The summed E-state index contributed by atoms with van der Waals surface area (Å²) in [4.78, 5) is 41.9. The van der Waals surface area contributed by atoms with Gasteiger partial charge in [0.1, 0.15) is 5.75 Å². The smallest absolute Gasteiger partial charge is 0.375 e. The molecule has 0 saturated heterocycles. The van der Waals surface area contributed by atoms with Crippen molar-refractivity contribution in [2.75, 3.05) is 0 Å². The molecule has 6 nitrogen and oxygen atoms in total. The van der Waals surface area contributed by atoms with Crippen LogP contribution in [0.25, 0.3) is 0 Å². The summed E-state index contributed by atoms with van der Waals surface area (Å²) in [6.07, 6.45) is 0. The number of halogens is 1. The molecular weight excluding hydrogens is 346 g/mol. The van der Waals surface area contributed by atoms with E-state index in [4.69, 9.17) is 21.2 Å². The maximum atomic E-state index is 12.4. The van der Waals surface area contributed by atoms with Gasteiger partial charge in [-0.15, -0.1) is 0 Å². The molecule has 128 valence electrons. The Morgan fingerprint density at radius 1 is 0.960 bits per heavy atom. The average Bonchev–Trinajstić information content (AvgIpc) is 2.82. The largest absolute Gasteiger partial charge is 0.476 e. The van der Waals surface area contributed by atoms with Crippen LogP contribution < -0.4 is 4.74 Å². The molecule has 1 aliphatic heterocycles. The first-order valence-electron chi connectivity index (χ1n) is 7.44. The van der Waals surface area contributed by atoms with E-state index in [1.807, 2.05) is 0 Å². The SMILES string of the molecule is CC(C)(Oc1ccc(Cl)cc1)C(=O)ON1C(=O)c2ccccc2C1=O. The Labute approximate surface area is 148 Å². The predicted octanol–water partition coefficient (Wildman–Crippen LogP) is 3.25. The number of ether oxygens (including phenoxy) is 1. The van der Waals surface area contributed by atoms with Crippen molar-refractivity contribution in [1.29, 1.82) is 0 Å². The number of amides is 2. The van der Waals surface area contributed by atoms with Crippen LogP contribution in [0.15, 0.2) is 48.5 Å². The van der Waals surface area contributed by atoms with E-state index >= 15 is 0 Å². The van der Waals surface area contributed by atoms with E-state index in [1.54, 1.807) is 36.4 Å². The van der Waals surface area contributed by atoms with Crippen molar-refractivity contribution in [1.82, 2.24) is 5.06 Å². The van der Waals surface area contributed by atoms with Crippen molar-refractivity contribution < 1.29 is 24.0 Å². The number of fused-ring (bicyclic) bond motifs is 1. The molecule has 0 saturated carbocycles. The molecule has 0 atom stereocenters. The Kier molecular flexibility index (Phi) is 4.22. The Bertz CT molecular complexity index is 825. The summed E-state index contributed by atoms with van der Waals surface area (Å²) in [5, 5.41) is 0.985. The highest BCUT2D eigenvalue weighted by molar-refractivity contribution is 6.30. The number of carbonyl (C=O) groups excluding carboxylic acids is 3. The van der Waals surface area contributed by atoms with E-state index in [9.17, 15) is 14.4 Å². The Hall–Kier alpha value is -2.86. The van der Waals surface area contributed by atoms with E-state index in [0.29, 0.717) is 15.8 Å². The third-order valence-electron chi connectivity index (χ3n) is 3.61. The lowest BCUT2D eigenvalue weighted by Crippen LogP contribution is -2.45. The number of rotatable bonds is 4. The second kappa shape index (κ2) is 6.22. The fraction of sp³-hybridized carbons (Fsp3) is 0.167. The molecule has 1 aliphatic rings. The molecule has 0 radical (unpaired) electrons. The molecule has 25 heavy (non-hydrogen) atoms. The Morgan fingerprint density at radius 3 is 2.00 bits per heavy atom. The van der Waals surface area contributed by atoms with Crippen LogP contribution in [0.4, 0.5) is 0 Å². The van der Waals surface area contributed by atoms with Crippen LogP contribution in [0.5, 0.6) is 5.75 Å². The molecule has 0 unspecified atom stereocenters. The molecule has 1 heterocycles. The number of nitrogens with zero attached hydrogens (tertiary/aromatic N) is 1. The summed E-state index contributed by atoms with van der Waals surface area (Å²) in [5.74, 6) is -1.85. The fourth-order valence-corrected chi connectivity index (χ4v) is 2.41. The van der Waals surface area contributed by atoms with Gasteiger partial charge in [0.15, 0.2) is 0 Å². The summed E-state index contributed by atoms with van der Waals surface area (Å²) < 4.78 is 5.59. The highest BCUT2D eigenvalue weighted by Crippen LogP contribution is 2.26. The molecule has 0 fully saturated rings. The molecule has 0 N–H and O–H groups in total. The zero-order valence-corrected chi connectivity index (χ0v) is 14.2. The minimum Gasteiger partial charge on any atom is -0.476 e. The fourth-order valence-electron chi connectivity index (χ4n) is 2.28. The van der Waals surface area contributed by atoms with E-state index in [1.165, 1.54) is 26.0 Å². The van der Waals surface area contributed by atoms with Crippen LogP contribution in [0, 0.1) is 0 Å². The van der Waals surface area contributed by atoms with E-state index in [0.717, 1.165) is 0 Å². The Morgan fingerprint density at radius 2 is 1.48 bits per heavy atom. The van der Waals surface area contributed by atoms with Gasteiger partial charge in [0.05, 0.1) is 11.1 Å². The maximum absolute atomic E-state index is 12.4. The van der Waals surface area contributed by atoms with Crippen LogP contribution in [0.1, 0.15) is 34.6 Å². The molecule has 0 spiro atoms. The zero-order chi connectivity index (χ0) is 18.2. The molecule has 2 aromatic rings. The number of hydrogen-bond acceptors (Lipinski definition) is 5. The van der Waals surface area contributed by atoms with Crippen LogP contribution in [0.3, 0.4) is 0 Å². The van der Waals surface area contributed by atoms with Gasteiger partial charge in [0, 0.05) is 5.02 Å². The summed E-state index contributed by atoms with van der Waals surface area (Å²) in [6, 6.07) is 12.7. The van der Waals surface area contributed by atoms with Crippen molar-refractivity contribution in [2.45, 2.75) is 19.4 Å². The Balaban J connectivity index is 1.74. The van der Waals surface area contributed by atoms with E-state index in [-0.39, 0.29) is 11.1 Å². The number of benzene rings is 2. The maximum Gasteiger partial charge on any atom is 0.375 e. The van der Waals surface area contributed by atoms with Gasteiger partial charge in [0.25, 0.3) is 11.8 Å². The minimum atomic E-state index is -1.43. The van der Waals surface area contributed by atoms with Crippen molar-refractivity contribution in [3.8, 4) is 5.75 Å². The molecular formula is C18H14ClNO5. The highest BCUT2D eigenvalue weighted by Gasteiger charge is 2.42. The van der Waals surface area contributed by atoms with Gasteiger partial charge < -0.3 is 9.57 Å². The van der Waals surface area contributed by atoms with Gasteiger partial charge in [-0.25, -0.2) is 4.79 Å². The van der Waals surface area contributed by atoms with Crippen molar-refractivity contribution in [2.24, 2.45) is 0 Å². The van der Waals surface area contributed by atoms with Gasteiger partial charge in [0.2, 0.25) is 5.60 Å². The van der Waals surface area contributed by atoms with Gasteiger partial charge in [-0.05, 0) is 50.2 Å². The predicted molar refractivity (Wildman–Crippen MR) is 89.2 cm³/mol. The van der Waals surface area contributed by atoms with Crippen molar-refractivity contribution in [3.63, 3.8) is 0 Å². The summed E-state index contributed by atoms with van der Waals surface area (Å²) in [5.41, 5.74) is -1.04. The lowest BCUT2D eigenvalue weighted by molar-refractivity contribution is -0.184. The topological polar surface area (TPSA) is 72.9 Å². The standard InChI is InChI=1S/C18H14ClNO5/c1-18(2,24-12-9-7-11(19)8-10-12)17(23)25-20-15(21)13-5-3-4-6-14(13)16(20)22/h3-10H,1-2H3. The second-order valence-corrected chi connectivity index (χ2v) is 6.33. The number of hydroxylamine groups is 2. The van der Waals surface area contributed by atoms with Crippen molar-refractivity contribution in [3.05, 3.63) is 64.7 Å². The molecule has 2 amide bonds. The van der Waals surface area contributed by atoms with Gasteiger partial charge >= 0.3 is 5.97 Å². The average molecular weight is 360 g/mol. The zero-order valence-electron chi connectivity index (χ0n) is 13.5. The minimum absolute atomic E-state index is 0.191. The molecule has 0 aliphatic carbocycles. The number of hydrogen-bond donors (Lipinski definition) is 0. The first kappa shape index (κ1) is 17.0. The van der Waals surface area contributed by atoms with Crippen LogP contribution in [-0.4, -0.2) is 28.4 Å². The first-order valence-corrected chi connectivity index (χ1v) is 7.82. The number of imide groups is 1. The monoisotopic (exact) mass is 359 g/mol. The van der Waals surface area contributed by atoms with Crippen LogP contribution in [-0.2, 0) is 9.63 Å². The normalized spacial score (nSPS) is 13.6. The van der Waals surface area contributed by atoms with E-state index < -0.39 is 23.4 Å². The molecule has 7 heteroatoms. The molecule has 2 aromatic carbocycles. The van der Waals surface area contributed by atoms with Gasteiger partial charge in [-0.2, -0.15) is 0 Å². The summed E-state index contributed by atoms with van der Waals surface area (Å²) in [7, 11) is 0. The van der Waals surface area contributed by atoms with E-state index in [2.05, 4.69) is 0 Å². The van der Waals surface area contributed by atoms with Gasteiger partial charge in [-0.1, -0.05) is 28.8 Å². The highest BCUT2D eigenvalue weighted by atomic mass is 35.5. The van der Waals surface area contributed by atoms with Crippen molar-refractivity contribution >= 4 is 29.4 Å². The molecule has 0 aromatic heterocycles. The second-order valence-electron chi connectivity index (χ2n) is 5.90. The quantitative estimate of drug-likeness (QED) is 0.783. The lowest BCUT2D eigenvalue weighted by Gasteiger charge is -2.25. The summed E-state index contributed by atoms with van der Waals surface area (Å²) >= 11 is 5.81. The third kappa shape index (κ3) is 3.21. The summed E-state index contributed by atoms with van der Waals surface area (Å²) in [6.45, 7) is 2.95.